The van der Waals surface area contributed by atoms with Crippen LogP contribution in [0, 0.1) is 11.8 Å². The van der Waals surface area contributed by atoms with Crippen LogP contribution in [0.15, 0.2) is 30.3 Å². The van der Waals surface area contributed by atoms with E-state index in [1.54, 1.807) is 5.56 Å². The highest BCUT2D eigenvalue weighted by Gasteiger charge is 2.52. The molecule has 0 amide bonds. The van der Waals surface area contributed by atoms with Crippen LogP contribution in [0.25, 0.3) is 0 Å². The maximum absolute atomic E-state index is 2.29. The quantitative estimate of drug-likeness (QED) is 0.588. The molecule has 2 aliphatic rings. The van der Waals surface area contributed by atoms with Crippen LogP contribution in [-0.4, -0.2) is 0 Å². The van der Waals surface area contributed by atoms with Crippen molar-refractivity contribution in [3.8, 4) is 0 Å². The Labute approximate surface area is 73.6 Å². The van der Waals surface area contributed by atoms with E-state index in [0.29, 0.717) is 0 Å². The molecule has 0 aliphatic heterocycles. The van der Waals surface area contributed by atoms with E-state index in [1.807, 2.05) is 0 Å². The third-order valence-corrected chi connectivity index (χ3v) is 3.59. The molecule has 0 radical (unpaired) electrons. The van der Waals surface area contributed by atoms with Gasteiger partial charge in [-0.2, -0.15) is 0 Å². The van der Waals surface area contributed by atoms with Crippen LogP contribution in [0.5, 0.6) is 0 Å². The first-order valence-electron chi connectivity index (χ1n) is 5.02. The third kappa shape index (κ3) is 0.841. The summed E-state index contributed by atoms with van der Waals surface area (Å²) in [6.45, 7) is 0. The molecule has 0 spiro atoms. The van der Waals surface area contributed by atoms with Gasteiger partial charge in [0.05, 0.1) is 0 Å². The van der Waals surface area contributed by atoms with E-state index >= 15 is 0 Å². The molecular formula is C12H14. The molecule has 0 aromatic heterocycles. The molecule has 0 heteroatoms. The lowest BCUT2D eigenvalue weighted by atomic mass is 10.0. The zero-order chi connectivity index (χ0) is 7.97. The standard InChI is InChI=1S/C12H14/c1-2-5-9(6-3-1)12-10-7-4-8-11(10)12/h1-3,5-6,10-12H,4,7-8H2. The van der Waals surface area contributed by atoms with Crippen molar-refractivity contribution in [2.45, 2.75) is 25.2 Å². The largest absolute Gasteiger partial charge is 0.0622 e. The molecule has 2 unspecified atom stereocenters. The Hall–Kier alpha value is -0.780. The van der Waals surface area contributed by atoms with Crippen molar-refractivity contribution in [3.63, 3.8) is 0 Å². The number of hydrogen-bond acceptors (Lipinski definition) is 0. The van der Waals surface area contributed by atoms with Gasteiger partial charge in [-0.25, -0.2) is 0 Å². The fraction of sp³-hybridized carbons (Fsp3) is 0.500. The zero-order valence-electron chi connectivity index (χ0n) is 7.24. The second kappa shape index (κ2) is 2.35. The summed E-state index contributed by atoms with van der Waals surface area (Å²) < 4.78 is 0. The van der Waals surface area contributed by atoms with E-state index in [9.17, 15) is 0 Å². The third-order valence-electron chi connectivity index (χ3n) is 3.59. The van der Waals surface area contributed by atoms with Crippen molar-refractivity contribution in [2.24, 2.45) is 11.8 Å². The maximum atomic E-state index is 2.29. The molecule has 1 aromatic rings. The molecular weight excluding hydrogens is 144 g/mol. The summed E-state index contributed by atoms with van der Waals surface area (Å²) in [4.78, 5) is 0. The molecule has 2 saturated carbocycles. The van der Waals surface area contributed by atoms with Gasteiger partial charge in [0.15, 0.2) is 0 Å². The lowest BCUT2D eigenvalue weighted by molar-refractivity contribution is 0.682. The van der Waals surface area contributed by atoms with Crippen LogP contribution in [0.4, 0.5) is 0 Å². The number of rotatable bonds is 1. The lowest BCUT2D eigenvalue weighted by Gasteiger charge is -2.01. The van der Waals surface area contributed by atoms with Crippen LogP contribution < -0.4 is 0 Å². The molecule has 0 bridgehead atoms. The van der Waals surface area contributed by atoms with Crippen LogP contribution in [0.2, 0.25) is 0 Å². The summed E-state index contributed by atoms with van der Waals surface area (Å²) in [6.07, 6.45) is 4.47. The number of fused-ring (bicyclic) bond motifs is 1. The monoisotopic (exact) mass is 158 g/mol. The van der Waals surface area contributed by atoms with Gasteiger partial charge in [0.25, 0.3) is 0 Å². The Morgan fingerprint density at radius 1 is 0.917 bits per heavy atom. The van der Waals surface area contributed by atoms with Gasteiger partial charge in [0.1, 0.15) is 0 Å². The first-order valence-corrected chi connectivity index (χ1v) is 5.02. The topological polar surface area (TPSA) is 0 Å². The molecule has 0 nitrogen and oxygen atoms in total. The molecule has 12 heavy (non-hydrogen) atoms. The Kier molecular flexibility index (Phi) is 1.31. The second-order valence-electron chi connectivity index (χ2n) is 4.20. The predicted molar refractivity (Wildman–Crippen MR) is 50.0 cm³/mol. The minimum Gasteiger partial charge on any atom is -0.0622 e. The highest BCUT2D eigenvalue weighted by Crippen LogP contribution is 2.62. The van der Waals surface area contributed by atoms with Crippen molar-refractivity contribution < 1.29 is 0 Å². The summed E-state index contributed by atoms with van der Waals surface area (Å²) in [5.74, 6) is 3.07. The Balaban J connectivity index is 1.85. The van der Waals surface area contributed by atoms with Crippen LogP contribution in [0.3, 0.4) is 0 Å². The van der Waals surface area contributed by atoms with Gasteiger partial charge in [-0.3, -0.25) is 0 Å². The van der Waals surface area contributed by atoms with Gasteiger partial charge >= 0.3 is 0 Å². The van der Waals surface area contributed by atoms with Crippen LogP contribution in [0.1, 0.15) is 30.7 Å². The van der Waals surface area contributed by atoms with Gasteiger partial charge in [0, 0.05) is 0 Å². The second-order valence-corrected chi connectivity index (χ2v) is 4.20. The van der Waals surface area contributed by atoms with E-state index < -0.39 is 0 Å². The van der Waals surface area contributed by atoms with E-state index in [2.05, 4.69) is 30.3 Å². The van der Waals surface area contributed by atoms with Gasteiger partial charge < -0.3 is 0 Å². The highest BCUT2D eigenvalue weighted by molar-refractivity contribution is 5.29. The molecule has 2 fully saturated rings. The normalized spacial score (nSPS) is 37.8. The zero-order valence-corrected chi connectivity index (χ0v) is 7.24. The summed E-state index contributed by atoms with van der Waals surface area (Å²) in [5.41, 5.74) is 1.59. The molecule has 0 heterocycles. The first-order chi connectivity index (χ1) is 5.97. The molecule has 2 aliphatic carbocycles. The average Bonchev–Trinajstić information content (AvgIpc) is 2.62. The molecule has 2 atom stereocenters. The van der Waals surface area contributed by atoms with Gasteiger partial charge in [-0.15, -0.1) is 0 Å². The summed E-state index contributed by atoms with van der Waals surface area (Å²) in [5, 5.41) is 0. The van der Waals surface area contributed by atoms with Crippen molar-refractivity contribution in [3.05, 3.63) is 35.9 Å². The summed E-state index contributed by atoms with van der Waals surface area (Å²) >= 11 is 0. The van der Waals surface area contributed by atoms with Gasteiger partial charge in [-0.05, 0) is 36.2 Å². The summed E-state index contributed by atoms with van der Waals surface area (Å²) in [6, 6.07) is 11.0. The molecule has 62 valence electrons. The van der Waals surface area contributed by atoms with E-state index in [-0.39, 0.29) is 0 Å². The van der Waals surface area contributed by atoms with Gasteiger partial charge in [-0.1, -0.05) is 36.8 Å². The summed E-state index contributed by atoms with van der Waals surface area (Å²) in [7, 11) is 0. The minimum atomic E-state index is 0.944. The fourth-order valence-electron chi connectivity index (χ4n) is 2.99. The Bertz CT molecular complexity index is 265. The Morgan fingerprint density at radius 2 is 1.58 bits per heavy atom. The molecule has 0 N–H and O–H groups in total. The lowest BCUT2D eigenvalue weighted by Crippen LogP contribution is -1.85. The number of benzene rings is 1. The number of hydrogen-bond donors (Lipinski definition) is 0. The average molecular weight is 158 g/mol. The van der Waals surface area contributed by atoms with Crippen molar-refractivity contribution in [1.29, 1.82) is 0 Å². The van der Waals surface area contributed by atoms with Crippen molar-refractivity contribution in [2.75, 3.05) is 0 Å². The molecule has 3 rings (SSSR count). The van der Waals surface area contributed by atoms with Crippen LogP contribution in [-0.2, 0) is 0 Å². The van der Waals surface area contributed by atoms with E-state index in [0.717, 1.165) is 17.8 Å². The smallest absolute Gasteiger partial charge is 0.00995 e. The SMILES string of the molecule is c1ccc(C2C3CCCC32)cc1. The Morgan fingerprint density at radius 3 is 2.25 bits per heavy atom. The van der Waals surface area contributed by atoms with E-state index in [4.69, 9.17) is 0 Å². The van der Waals surface area contributed by atoms with Gasteiger partial charge in [0.2, 0.25) is 0 Å². The molecule has 0 saturated heterocycles. The fourth-order valence-corrected chi connectivity index (χ4v) is 2.99. The first kappa shape index (κ1) is 6.71. The highest BCUT2D eigenvalue weighted by atomic mass is 14.6. The van der Waals surface area contributed by atoms with Crippen molar-refractivity contribution >= 4 is 0 Å². The maximum Gasteiger partial charge on any atom is -0.00995 e. The molecule has 1 aromatic carbocycles. The van der Waals surface area contributed by atoms with E-state index in [1.165, 1.54) is 19.3 Å². The van der Waals surface area contributed by atoms with Crippen LogP contribution >= 0.6 is 0 Å². The minimum absolute atomic E-state index is 0.944. The predicted octanol–water partition coefficient (Wildman–Crippen LogP) is 3.20. The van der Waals surface area contributed by atoms with Crippen molar-refractivity contribution in [1.82, 2.24) is 0 Å².